The van der Waals surface area contributed by atoms with Crippen LogP contribution >= 0.6 is 11.6 Å². The molecule has 1 aromatic rings. The van der Waals surface area contributed by atoms with E-state index in [1.165, 1.54) is 12.1 Å². The molecule has 17 heavy (non-hydrogen) atoms. The Kier molecular flexibility index (Phi) is 5.25. The van der Waals surface area contributed by atoms with Crippen molar-refractivity contribution in [1.29, 1.82) is 0 Å². The highest BCUT2D eigenvalue weighted by atomic mass is 35.5. The largest absolute Gasteiger partial charge is 0.506 e. The fourth-order valence-corrected chi connectivity index (χ4v) is 1.63. The van der Waals surface area contributed by atoms with E-state index in [-0.39, 0.29) is 22.6 Å². The summed E-state index contributed by atoms with van der Waals surface area (Å²) < 4.78 is 0. The zero-order valence-corrected chi connectivity index (χ0v) is 10.5. The van der Waals surface area contributed by atoms with Gasteiger partial charge in [0, 0.05) is 12.1 Å². The van der Waals surface area contributed by atoms with Crippen molar-refractivity contribution in [2.75, 3.05) is 11.9 Å². The number of halogens is 1. The molecule has 0 bridgehead atoms. The van der Waals surface area contributed by atoms with Crippen LogP contribution in [0.25, 0.3) is 0 Å². The van der Waals surface area contributed by atoms with E-state index in [0.717, 1.165) is 6.42 Å². The first kappa shape index (κ1) is 13.8. The second kappa shape index (κ2) is 6.47. The van der Waals surface area contributed by atoms with Gasteiger partial charge in [0.1, 0.15) is 5.75 Å². The quantitative estimate of drug-likeness (QED) is 0.708. The molecule has 0 aliphatic heterocycles. The van der Waals surface area contributed by atoms with Gasteiger partial charge in [-0.25, -0.2) is 0 Å². The molecule has 94 valence electrons. The van der Waals surface area contributed by atoms with Gasteiger partial charge in [-0.05, 0) is 30.7 Å². The van der Waals surface area contributed by atoms with Gasteiger partial charge < -0.3 is 16.2 Å². The maximum absolute atomic E-state index is 11.7. The lowest BCUT2D eigenvalue weighted by Gasteiger charge is -2.12. The summed E-state index contributed by atoms with van der Waals surface area (Å²) >= 11 is 5.74. The van der Waals surface area contributed by atoms with E-state index in [9.17, 15) is 9.90 Å². The molecule has 0 spiro atoms. The molecular weight excluding hydrogens is 240 g/mol. The number of benzene rings is 1. The number of aromatic hydroxyl groups is 1. The second-order valence-corrected chi connectivity index (χ2v) is 4.34. The molecule has 1 atom stereocenters. The zero-order chi connectivity index (χ0) is 12.8. The normalized spacial score (nSPS) is 12.2. The molecule has 0 saturated heterocycles. The van der Waals surface area contributed by atoms with E-state index >= 15 is 0 Å². The smallest absolute Gasteiger partial charge is 0.224 e. The van der Waals surface area contributed by atoms with Gasteiger partial charge in [-0.1, -0.05) is 24.9 Å². The van der Waals surface area contributed by atoms with Gasteiger partial charge in [-0.2, -0.15) is 0 Å². The second-order valence-electron chi connectivity index (χ2n) is 3.93. The molecule has 0 fully saturated rings. The number of phenolic OH excluding ortho intramolecular Hbond substituents is 1. The van der Waals surface area contributed by atoms with Crippen molar-refractivity contribution in [3.05, 3.63) is 23.2 Å². The van der Waals surface area contributed by atoms with Gasteiger partial charge in [-0.3, -0.25) is 4.79 Å². The fraction of sp³-hybridized carbons (Fsp3) is 0.417. The molecular formula is C12H17ClN2O2. The van der Waals surface area contributed by atoms with Crippen LogP contribution in [0.15, 0.2) is 18.2 Å². The first-order valence-electron chi connectivity index (χ1n) is 5.55. The van der Waals surface area contributed by atoms with Crippen LogP contribution in [0.1, 0.15) is 19.8 Å². The third kappa shape index (κ3) is 4.24. The van der Waals surface area contributed by atoms with Gasteiger partial charge in [0.25, 0.3) is 0 Å². The van der Waals surface area contributed by atoms with Crippen LogP contribution in [0.5, 0.6) is 5.75 Å². The molecule has 1 rings (SSSR count). The van der Waals surface area contributed by atoms with E-state index in [2.05, 4.69) is 5.32 Å². The fourth-order valence-electron chi connectivity index (χ4n) is 1.45. The summed E-state index contributed by atoms with van der Waals surface area (Å²) in [5.74, 6) is 0.102. The van der Waals surface area contributed by atoms with Crippen LogP contribution in [0.2, 0.25) is 5.02 Å². The Hall–Kier alpha value is -1.26. The van der Waals surface area contributed by atoms with E-state index in [1.807, 2.05) is 6.92 Å². The average Bonchev–Trinajstić information content (AvgIpc) is 2.31. The molecule has 1 aromatic carbocycles. The molecule has 0 aliphatic carbocycles. The van der Waals surface area contributed by atoms with Crippen LogP contribution < -0.4 is 11.1 Å². The minimum atomic E-state index is -0.0935. The van der Waals surface area contributed by atoms with Crippen LogP contribution in [0.4, 0.5) is 5.69 Å². The number of hydrogen-bond donors (Lipinski definition) is 3. The molecule has 0 saturated carbocycles. The molecule has 4 nitrogen and oxygen atoms in total. The average molecular weight is 257 g/mol. The Morgan fingerprint density at radius 1 is 1.59 bits per heavy atom. The number of nitrogens with two attached hydrogens (primary N) is 1. The summed E-state index contributed by atoms with van der Waals surface area (Å²) in [6, 6.07) is 4.55. The molecule has 5 heteroatoms. The summed E-state index contributed by atoms with van der Waals surface area (Å²) in [5.41, 5.74) is 6.11. The van der Waals surface area contributed by atoms with Crippen molar-refractivity contribution in [3.8, 4) is 5.75 Å². The minimum Gasteiger partial charge on any atom is -0.506 e. The summed E-state index contributed by atoms with van der Waals surface area (Å²) in [7, 11) is 0. The predicted octanol–water partition coefficient (Wildman–Crippen LogP) is 2.36. The highest BCUT2D eigenvalue weighted by Gasteiger charge is 2.11. The molecule has 0 heterocycles. The maximum Gasteiger partial charge on any atom is 0.224 e. The number of anilines is 1. The van der Waals surface area contributed by atoms with Crippen LogP contribution in [-0.2, 0) is 4.79 Å². The number of rotatable bonds is 5. The van der Waals surface area contributed by atoms with Gasteiger partial charge in [0.05, 0.1) is 5.02 Å². The third-order valence-electron chi connectivity index (χ3n) is 2.62. The Morgan fingerprint density at radius 3 is 2.82 bits per heavy atom. The number of nitrogens with one attached hydrogen (secondary N) is 1. The SMILES string of the molecule is CCC(CN)CC(=O)Nc1ccc(O)c(Cl)c1. The number of carbonyl (C=O) groups excluding carboxylic acids is 1. The van der Waals surface area contributed by atoms with Crippen molar-refractivity contribution in [3.63, 3.8) is 0 Å². The minimum absolute atomic E-state index is 0.00180. The van der Waals surface area contributed by atoms with Gasteiger partial charge in [0.2, 0.25) is 5.91 Å². The number of hydrogen-bond acceptors (Lipinski definition) is 3. The van der Waals surface area contributed by atoms with E-state index in [0.29, 0.717) is 18.7 Å². The standard InChI is InChI=1S/C12H17ClN2O2/c1-2-8(7-14)5-12(17)15-9-3-4-11(16)10(13)6-9/h3-4,6,8,16H,2,5,7,14H2,1H3,(H,15,17). The lowest BCUT2D eigenvalue weighted by molar-refractivity contribution is -0.117. The third-order valence-corrected chi connectivity index (χ3v) is 2.92. The van der Waals surface area contributed by atoms with Crippen molar-refractivity contribution in [2.24, 2.45) is 11.7 Å². The van der Waals surface area contributed by atoms with Gasteiger partial charge >= 0.3 is 0 Å². The Bertz CT molecular complexity index is 392. The molecule has 0 aliphatic rings. The summed E-state index contributed by atoms with van der Waals surface area (Å²) in [6.45, 7) is 2.50. The zero-order valence-electron chi connectivity index (χ0n) is 9.74. The topological polar surface area (TPSA) is 75.4 Å². The summed E-state index contributed by atoms with van der Waals surface area (Å²) in [4.78, 5) is 11.7. The first-order chi connectivity index (χ1) is 8.06. The molecule has 4 N–H and O–H groups in total. The maximum atomic E-state index is 11.7. The monoisotopic (exact) mass is 256 g/mol. The van der Waals surface area contributed by atoms with Gasteiger partial charge in [0.15, 0.2) is 0 Å². The Morgan fingerprint density at radius 2 is 2.29 bits per heavy atom. The van der Waals surface area contributed by atoms with E-state index in [1.54, 1.807) is 6.07 Å². The molecule has 1 unspecified atom stereocenters. The lowest BCUT2D eigenvalue weighted by Crippen LogP contribution is -2.21. The Labute approximate surface area is 106 Å². The molecule has 1 amide bonds. The number of phenols is 1. The lowest BCUT2D eigenvalue weighted by atomic mass is 10.0. The summed E-state index contributed by atoms with van der Waals surface area (Å²) in [5, 5.41) is 12.2. The van der Waals surface area contributed by atoms with Crippen molar-refractivity contribution in [1.82, 2.24) is 0 Å². The highest BCUT2D eigenvalue weighted by Crippen LogP contribution is 2.26. The molecule has 0 aromatic heterocycles. The van der Waals surface area contributed by atoms with Crippen molar-refractivity contribution < 1.29 is 9.90 Å². The van der Waals surface area contributed by atoms with Crippen LogP contribution in [0, 0.1) is 5.92 Å². The van der Waals surface area contributed by atoms with Crippen LogP contribution in [0.3, 0.4) is 0 Å². The predicted molar refractivity (Wildman–Crippen MR) is 69.2 cm³/mol. The van der Waals surface area contributed by atoms with E-state index in [4.69, 9.17) is 17.3 Å². The Balaban J connectivity index is 2.58. The van der Waals surface area contributed by atoms with Crippen LogP contribution in [-0.4, -0.2) is 17.6 Å². The number of amides is 1. The van der Waals surface area contributed by atoms with Crippen molar-refractivity contribution in [2.45, 2.75) is 19.8 Å². The molecule has 0 radical (unpaired) electrons. The summed E-state index contributed by atoms with van der Waals surface area (Å²) in [6.07, 6.45) is 1.27. The van der Waals surface area contributed by atoms with Crippen molar-refractivity contribution >= 4 is 23.2 Å². The van der Waals surface area contributed by atoms with E-state index < -0.39 is 0 Å². The first-order valence-corrected chi connectivity index (χ1v) is 5.93. The van der Waals surface area contributed by atoms with Gasteiger partial charge in [-0.15, -0.1) is 0 Å². The highest BCUT2D eigenvalue weighted by molar-refractivity contribution is 6.32. The number of carbonyl (C=O) groups is 1.